The molecule has 146 valence electrons. The van der Waals surface area contributed by atoms with Gasteiger partial charge in [-0.25, -0.2) is 4.99 Å². The van der Waals surface area contributed by atoms with Crippen molar-refractivity contribution in [2.75, 3.05) is 0 Å². The van der Waals surface area contributed by atoms with Crippen LogP contribution in [0.5, 0.6) is 0 Å². The molecule has 29 heavy (non-hydrogen) atoms. The number of benzene rings is 2. The van der Waals surface area contributed by atoms with Crippen molar-refractivity contribution in [3.63, 3.8) is 0 Å². The molecule has 1 amide bonds. The van der Waals surface area contributed by atoms with Crippen molar-refractivity contribution in [1.29, 1.82) is 0 Å². The third-order valence-corrected chi connectivity index (χ3v) is 6.33. The Balaban J connectivity index is 1.48. The molecule has 1 fully saturated rings. The number of rotatable bonds is 4. The van der Waals surface area contributed by atoms with Crippen molar-refractivity contribution >= 4 is 46.4 Å². The predicted molar refractivity (Wildman–Crippen MR) is 121 cm³/mol. The van der Waals surface area contributed by atoms with Crippen LogP contribution in [0.2, 0.25) is 0 Å². The van der Waals surface area contributed by atoms with E-state index in [1.165, 1.54) is 28.5 Å². The van der Waals surface area contributed by atoms with Gasteiger partial charge < -0.3 is 9.73 Å². The summed E-state index contributed by atoms with van der Waals surface area (Å²) in [7, 11) is 0. The minimum Gasteiger partial charge on any atom is -0.450 e. The number of thioether (sulfide) groups is 1. The summed E-state index contributed by atoms with van der Waals surface area (Å²) in [6, 6.07) is 18.1. The van der Waals surface area contributed by atoms with Gasteiger partial charge in [-0.05, 0) is 80.1 Å². The summed E-state index contributed by atoms with van der Waals surface area (Å²) in [6.45, 7) is 6.18. The fraction of sp³-hybridized carbons (Fsp3) is 0.130. The molecular weight excluding hydrogens is 400 g/mol. The molecule has 1 saturated heterocycles. The molecule has 0 atom stereocenters. The van der Waals surface area contributed by atoms with Crippen molar-refractivity contribution < 1.29 is 9.21 Å². The summed E-state index contributed by atoms with van der Waals surface area (Å²) < 4.78 is 5.86. The van der Waals surface area contributed by atoms with E-state index < -0.39 is 0 Å². The molecule has 1 aliphatic rings. The van der Waals surface area contributed by atoms with E-state index in [-0.39, 0.29) is 5.91 Å². The van der Waals surface area contributed by atoms with E-state index in [2.05, 4.69) is 48.4 Å². The Morgan fingerprint density at radius 3 is 2.55 bits per heavy atom. The maximum atomic E-state index is 12.3. The Bertz CT molecular complexity index is 1130. The number of aryl methyl sites for hydroxylation is 3. The molecule has 0 bridgehead atoms. The number of furan rings is 1. The highest BCUT2D eigenvalue weighted by atomic mass is 32.2. The fourth-order valence-electron chi connectivity index (χ4n) is 2.71. The predicted octanol–water partition coefficient (Wildman–Crippen LogP) is 6.25. The Morgan fingerprint density at radius 1 is 1.00 bits per heavy atom. The minimum absolute atomic E-state index is 0.165. The monoisotopic (exact) mass is 420 g/mol. The molecule has 3 aromatic rings. The van der Waals surface area contributed by atoms with Gasteiger partial charge in [0, 0.05) is 11.0 Å². The lowest BCUT2D eigenvalue weighted by Gasteiger charge is -2.01. The zero-order valence-electron chi connectivity index (χ0n) is 16.4. The smallest absolute Gasteiger partial charge is 0.264 e. The molecular formula is C23H20N2O2S2. The molecule has 4 rings (SSSR count). The van der Waals surface area contributed by atoms with Crippen LogP contribution < -0.4 is 5.32 Å². The molecule has 0 aliphatic carbocycles. The summed E-state index contributed by atoms with van der Waals surface area (Å²) >= 11 is 2.87. The Morgan fingerprint density at radius 2 is 1.79 bits per heavy atom. The van der Waals surface area contributed by atoms with E-state index in [1.807, 2.05) is 37.3 Å². The van der Waals surface area contributed by atoms with E-state index in [0.29, 0.717) is 15.8 Å². The summed E-state index contributed by atoms with van der Waals surface area (Å²) in [4.78, 5) is 18.5. The lowest BCUT2D eigenvalue weighted by atomic mass is 10.1. The molecule has 2 aromatic carbocycles. The summed E-state index contributed by atoms with van der Waals surface area (Å²) in [5.74, 6) is 0.478. The maximum absolute atomic E-state index is 12.3. The van der Waals surface area contributed by atoms with Crippen molar-refractivity contribution in [3.8, 4) is 0 Å². The second-order valence-electron chi connectivity index (χ2n) is 6.82. The van der Waals surface area contributed by atoms with Crippen LogP contribution in [0, 0.1) is 20.8 Å². The van der Waals surface area contributed by atoms with Gasteiger partial charge in [-0.15, -0.1) is 0 Å². The number of carbonyl (C=O) groups excluding carboxylic acids is 1. The molecule has 1 aromatic heterocycles. The SMILES string of the molecule is Cc1ccc(Sc2ccc(/C=C3\SC(=Nc4ccc(C)c(C)c4)NC3=O)o2)cc1. The average molecular weight is 421 g/mol. The highest BCUT2D eigenvalue weighted by Crippen LogP contribution is 2.32. The Kier molecular flexibility index (Phi) is 5.65. The van der Waals surface area contributed by atoms with Crippen molar-refractivity contribution in [1.82, 2.24) is 5.32 Å². The molecule has 0 spiro atoms. The number of hydrogen-bond acceptors (Lipinski definition) is 5. The Labute approximate surface area is 178 Å². The van der Waals surface area contributed by atoms with E-state index >= 15 is 0 Å². The average Bonchev–Trinajstić information content (AvgIpc) is 3.27. The summed E-state index contributed by atoms with van der Waals surface area (Å²) in [5.41, 5.74) is 4.44. The van der Waals surface area contributed by atoms with Gasteiger partial charge in [0.15, 0.2) is 10.3 Å². The van der Waals surface area contributed by atoms with Crippen molar-refractivity contribution in [3.05, 3.63) is 82.0 Å². The van der Waals surface area contributed by atoms with E-state index in [4.69, 9.17) is 4.42 Å². The lowest BCUT2D eigenvalue weighted by molar-refractivity contribution is -0.115. The lowest BCUT2D eigenvalue weighted by Crippen LogP contribution is -2.19. The number of hydrogen-bond donors (Lipinski definition) is 1. The highest BCUT2D eigenvalue weighted by Gasteiger charge is 2.24. The number of amidine groups is 1. The molecule has 1 N–H and O–H groups in total. The quantitative estimate of drug-likeness (QED) is 0.507. The molecule has 0 saturated carbocycles. The van der Waals surface area contributed by atoms with Gasteiger partial charge in [0.05, 0.1) is 10.6 Å². The van der Waals surface area contributed by atoms with Gasteiger partial charge in [-0.3, -0.25) is 4.79 Å². The zero-order valence-corrected chi connectivity index (χ0v) is 18.0. The summed E-state index contributed by atoms with van der Waals surface area (Å²) in [6.07, 6.45) is 1.75. The first kappa shape index (κ1) is 19.6. The molecule has 2 heterocycles. The topological polar surface area (TPSA) is 54.6 Å². The van der Waals surface area contributed by atoms with E-state index in [1.54, 1.807) is 17.8 Å². The first-order valence-electron chi connectivity index (χ1n) is 9.17. The second kappa shape index (κ2) is 8.35. The van der Waals surface area contributed by atoms with Crippen LogP contribution in [-0.4, -0.2) is 11.1 Å². The first-order chi connectivity index (χ1) is 14.0. The maximum Gasteiger partial charge on any atom is 0.264 e. The van der Waals surface area contributed by atoms with Gasteiger partial charge in [0.1, 0.15) is 5.76 Å². The summed E-state index contributed by atoms with van der Waals surface area (Å²) in [5, 5.41) is 4.18. The second-order valence-corrected chi connectivity index (χ2v) is 8.93. The highest BCUT2D eigenvalue weighted by molar-refractivity contribution is 8.18. The van der Waals surface area contributed by atoms with Gasteiger partial charge in [0.25, 0.3) is 5.91 Å². The largest absolute Gasteiger partial charge is 0.450 e. The molecule has 1 aliphatic heterocycles. The van der Waals surface area contributed by atoms with E-state index in [0.717, 1.165) is 15.7 Å². The standard InChI is InChI=1S/C23H20N2O2S2/c1-14-4-9-19(10-5-14)28-21-11-8-18(27-21)13-20-22(26)25-23(29-20)24-17-7-6-15(2)16(3)12-17/h4-13H,1-3H3,(H,24,25,26)/b20-13-. The number of nitrogens with zero attached hydrogens (tertiary/aromatic N) is 1. The van der Waals surface area contributed by atoms with Crippen LogP contribution in [0.25, 0.3) is 6.08 Å². The molecule has 0 unspecified atom stereocenters. The van der Waals surface area contributed by atoms with E-state index in [9.17, 15) is 4.79 Å². The van der Waals surface area contributed by atoms with Crippen LogP contribution in [0.1, 0.15) is 22.5 Å². The zero-order chi connectivity index (χ0) is 20.4. The van der Waals surface area contributed by atoms with Crippen LogP contribution in [0.3, 0.4) is 0 Å². The van der Waals surface area contributed by atoms with Gasteiger partial charge in [-0.2, -0.15) is 0 Å². The van der Waals surface area contributed by atoms with Crippen LogP contribution in [0.4, 0.5) is 5.69 Å². The molecule has 6 heteroatoms. The minimum atomic E-state index is -0.165. The molecule has 0 radical (unpaired) electrons. The normalized spacial score (nSPS) is 16.6. The third kappa shape index (κ3) is 4.83. The number of carbonyl (C=O) groups is 1. The van der Waals surface area contributed by atoms with Gasteiger partial charge >= 0.3 is 0 Å². The first-order valence-corrected chi connectivity index (χ1v) is 10.8. The van der Waals surface area contributed by atoms with Crippen molar-refractivity contribution in [2.45, 2.75) is 30.8 Å². The van der Waals surface area contributed by atoms with Gasteiger partial charge in [0.2, 0.25) is 0 Å². The Hall–Kier alpha value is -2.70. The van der Waals surface area contributed by atoms with Crippen molar-refractivity contribution in [2.24, 2.45) is 4.99 Å². The fourth-order valence-corrected chi connectivity index (χ4v) is 4.31. The number of amides is 1. The number of nitrogens with one attached hydrogen (secondary N) is 1. The third-order valence-electron chi connectivity index (χ3n) is 4.49. The van der Waals surface area contributed by atoms with Crippen LogP contribution >= 0.6 is 23.5 Å². The number of aliphatic imine (C=N–C) groups is 1. The van der Waals surface area contributed by atoms with Gasteiger partial charge in [-0.1, -0.05) is 35.5 Å². The molecule has 4 nitrogen and oxygen atoms in total. The van der Waals surface area contributed by atoms with Crippen LogP contribution in [-0.2, 0) is 4.79 Å². The van der Waals surface area contributed by atoms with Crippen LogP contribution in [0.15, 0.2) is 78.9 Å².